The normalized spacial score (nSPS) is 23.2. The molecule has 4 rings (SSSR count). The standard InChI is InChI=1S/C20H22ClN3O3/c21-15-5-7-16(8-6-15)24-18(25)12-17(20(24)27)23-11-3-4-14(13-23)19(26)22-9-1-2-10-22/h5-8,12,14H,1-4,9-11,13H2. The molecule has 2 saturated heterocycles. The number of anilines is 1. The summed E-state index contributed by atoms with van der Waals surface area (Å²) in [6, 6.07) is 6.62. The Morgan fingerprint density at radius 1 is 1.00 bits per heavy atom. The van der Waals surface area contributed by atoms with Gasteiger partial charge in [0.25, 0.3) is 11.8 Å². The van der Waals surface area contributed by atoms with Crippen LogP contribution in [0.5, 0.6) is 0 Å². The molecule has 3 amide bonds. The van der Waals surface area contributed by atoms with Gasteiger partial charge >= 0.3 is 0 Å². The Kier molecular flexibility index (Phi) is 4.91. The molecule has 0 N–H and O–H groups in total. The van der Waals surface area contributed by atoms with Crippen LogP contribution < -0.4 is 4.90 Å². The molecular formula is C20H22ClN3O3. The highest BCUT2D eigenvalue weighted by Gasteiger charge is 2.38. The SMILES string of the molecule is O=C(C1CCCN(C2=CC(=O)N(c3ccc(Cl)cc3)C2=O)C1)N1CCCC1. The molecule has 7 heteroatoms. The number of hydrogen-bond acceptors (Lipinski definition) is 4. The molecule has 0 aliphatic carbocycles. The topological polar surface area (TPSA) is 60.9 Å². The highest BCUT2D eigenvalue weighted by atomic mass is 35.5. The maximum Gasteiger partial charge on any atom is 0.281 e. The average Bonchev–Trinajstić information content (AvgIpc) is 3.31. The van der Waals surface area contributed by atoms with Crippen LogP contribution in [0.3, 0.4) is 0 Å². The monoisotopic (exact) mass is 387 g/mol. The Labute approximate surface area is 163 Å². The molecule has 1 aromatic carbocycles. The van der Waals surface area contributed by atoms with E-state index < -0.39 is 0 Å². The van der Waals surface area contributed by atoms with E-state index in [-0.39, 0.29) is 23.6 Å². The number of piperidine rings is 1. The van der Waals surface area contributed by atoms with Crippen molar-refractivity contribution in [3.05, 3.63) is 41.1 Å². The van der Waals surface area contributed by atoms with E-state index in [1.54, 1.807) is 24.3 Å². The van der Waals surface area contributed by atoms with Crippen LogP contribution in [0, 0.1) is 5.92 Å². The number of benzene rings is 1. The summed E-state index contributed by atoms with van der Waals surface area (Å²) in [6.45, 7) is 2.84. The summed E-state index contributed by atoms with van der Waals surface area (Å²) < 4.78 is 0. The number of imide groups is 1. The third kappa shape index (κ3) is 3.46. The minimum atomic E-state index is -0.356. The van der Waals surface area contributed by atoms with Crippen LogP contribution in [-0.4, -0.2) is 53.7 Å². The molecule has 3 aliphatic heterocycles. The highest BCUT2D eigenvalue weighted by molar-refractivity contribution is 6.32. The maximum absolute atomic E-state index is 12.9. The van der Waals surface area contributed by atoms with Crippen LogP contribution >= 0.6 is 11.6 Å². The van der Waals surface area contributed by atoms with Gasteiger partial charge in [0.1, 0.15) is 5.70 Å². The number of hydrogen-bond donors (Lipinski definition) is 0. The molecule has 0 radical (unpaired) electrons. The first-order valence-electron chi connectivity index (χ1n) is 9.44. The summed E-state index contributed by atoms with van der Waals surface area (Å²) in [5.74, 6) is -0.615. The zero-order valence-corrected chi connectivity index (χ0v) is 15.8. The summed E-state index contributed by atoms with van der Waals surface area (Å²) in [6.07, 6.45) is 5.19. The van der Waals surface area contributed by atoms with Gasteiger partial charge in [0.2, 0.25) is 5.91 Å². The number of rotatable bonds is 3. The van der Waals surface area contributed by atoms with Crippen molar-refractivity contribution in [1.82, 2.24) is 9.80 Å². The van der Waals surface area contributed by atoms with Crippen LogP contribution in [-0.2, 0) is 14.4 Å². The van der Waals surface area contributed by atoms with Crippen molar-refractivity contribution in [1.29, 1.82) is 0 Å². The molecule has 6 nitrogen and oxygen atoms in total. The summed E-state index contributed by atoms with van der Waals surface area (Å²) >= 11 is 5.90. The van der Waals surface area contributed by atoms with E-state index in [1.807, 2.05) is 9.80 Å². The van der Waals surface area contributed by atoms with Gasteiger partial charge in [-0.05, 0) is 49.9 Å². The zero-order valence-electron chi connectivity index (χ0n) is 15.1. The average molecular weight is 388 g/mol. The lowest BCUT2D eigenvalue weighted by Gasteiger charge is -2.35. The first kappa shape index (κ1) is 18.0. The van der Waals surface area contributed by atoms with Gasteiger partial charge in [-0.3, -0.25) is 14.4 Å². The molecule has 1 unspecified atom stereocenters. The van der Waals surface area contributed by atoms with Crippen LogP contribution in [0.15, 0.2) is 36.0 Å². The second-order valence-electron chi connectivity index (χ2n) is 7.30. The molecule has 3 aliphatic rings. The van der Waals surface area contributed by atoms with Gasteiger partial charge in [0, 0.05) is 37.3 Å². The number of carbonyl (C=O) groups is 3. The highest BCUT2D eigenvalue weighted by Crippen LogP contribution is 2.29. The number of carbonyl (C=O) groups excluding carboxylic acids is 3. The van der Waals surface area contributed by atoms with Crippen molar-refractivity contribution < 1.29 is 14.4 Å². The predicted molar refractivity (Wildman–Crippen MR) is 102 cm³/mol. The van der Waals surface area contributed by atoms with Gasteiger partial charge in [0.15, 0.2) is 0 Å². The van der Waals surface area contributed by atoms with Crippen molar-refractivity contribution in [3.63, 3.8) is 0 Å². The van der Waals surface area contributed by atoms with Gasteiger partial charge in [0.05, 0.1) is 11.6 Å². The van der Waals surface area contributed by atoms with Gasteiger partial charge in [-0.1, -0.05) is 11.6 Å². The first-order valence-corrected chi connectivity index (χ1v) is 9.82. The molecule has 0 aromatic heterocycles. The first-order chi connectivity index (χ1) is 13.0. The molecule has 0 bridgehead atoms. The van der Waals surface area contributed by atoms with Crippen LogP contribution in [0.25, 0.3) is 0 Å². The molecule has 142 valence electrons. The Bertz CT molecular complexity index is 799. The van der Waals surface area contributed by atoms with E-state index in [9.17, 15) is 14.4 Å². The van der Waals surface area contributed by atoms with E-state index in [1.165, 1.54) is 6.08 Å². The Hall–Kier alpha value is -2.34. The maximum atomic E-state index is 12.9. The largest absolute Gasteiger partial charge is 0.366 e. The van der Waals surface area contributed by atoms with Crippen LogP contribution in [0.2, 0.25) is 5.02 Å². The fourth-order valence-electron chi connectivity index (χ4n) is 4.11. The molecule has 3 heterocycles. The lowest BCUT2D eigenvalue weighted by molar-refractivity contribution is -0.136. The van der Waals surface area contributed by atoms with E-state index >= 15 is 0 Å². The second kappa shape index (κ2) is 7.35. The summed E-state index contributed by atoms with van der Waals surface area (Å²) in [5.41, 5.74) is 0.885. The lowest BCUT2D eigenvalue weighted by Crippen LogP contribution is -2.45. The Morgan fingerprint density at radius 2 is 1.70 bits per heavy atom. The van der Waals surface area contributed by atoms with Gasteiger partial charge in [-0.2, -0.15) is 0 Å². The van der Waals surface area contributed by atoms with Gasteiger partial charge in [-0.25, -0.2) is 4.90 Å². The lowest BCUT2D eigenvalue weighted by atomic mass is 9.96. The summed E-state index contributed by atoms with van der Waals surface area (Å²) in [7, 11) is 0. The molecule has 1 atom stereocenters. The van der Waals surface area contributed by atoms with E-state index in [2.05, 4.69) is 0 Å². The van der Waals surface area contributed by atoms with Crippen LogP contribution in [0.4, 0.5) is 5.69 Å². The Balaban J connectivity index is 1.48. The van der Waals surface area contributed by atoms with E-state index in [4.69, 9.17) is 11.6 Å². The third-order valence-electron chi connectivity index (χ3n) is 5.52. The third-order valence-corrected chi connectivity index (χ3v) is 5.77. The van der Waals surface area contributed by atoms with E-state index in [0.717, 1.165) is 43.7 Å². The van der Waals surface area contributed by atoms with Crippen molar-refractivity contribution >= 4 is 35.0 Å². The summed E-state index contributed by atoms with van der Waals surface area (Å²) in [5, 5.41) is 0.547. The Morgan fingerprint density at radius 3 is 2.41 bits per heavy atom. The van der Waals surface area contributed by atoms with Gasteiger partial charge < -0.3 is 9.80 Å². The minimum absolute atomic E-state index is 0.106. The fourth-order valence-corrected chi connectivity index (χ4v) is 4.24. The quantitative estimate of drug-likeness (QED) is 0.747. The number of nitrogens with zero attached hydrogens (tertiary/aromatic N) is 3. The number of amides is 3. The predicted octanol–water partition coefficient (Wildman–Crippen LogP) is 2.43. The smallest absolute Gasteiger partial charge is 0.281 e. The van der Waals surface area contributed by atoms with Crippen molar-refractivity contribution in [2.45, 2.75) is 25.7 Å². The van der Waals surface area contributed by atoms with E-state index in [0.29, 0.717) is 29.5 Å². The second-order valence-corrected chi connectivity index (χ2v) is 7.74. The molecule has 0 saturated carbocycles. The molecule has 0 spiro atoms. The fraction of sp³-hybridized carbons (Fsp3) is 0.450. The molecule has 2 fully saturated rings. The number of halogens is 1. The molecule has 1 aromatic rings. The van der Waals surface area contributed by atoms with Crippen LogP contribution in [0.1, 0.15) is 25.7 Å². The molecular weight excluding hydrogens is 366 g/mol. The van der Waals surface area contributed by atoms with Crippen molar-refractivity contribution in [2.24, 2.45) is 5.92 Å². The molecule has 27 heavy (non-hydrogen) atoms. The number of likely N-dealkylation sites (tertiary alicyclic amines) is 2. The zero-order chi connectivity index (χ0) is 19.0. The van der Waals surface area contributed by atoms with Crippen molar-refractivity contribution in [3.8, 4) is 0 Å². The van der Waals surface area contributed by atoms with Crippen molar-refractivity contribution in [2.75, 3.05) is 31.1 Å². The minimum Gasteiger partial charge on any atom is -0.366 e. The summed E-state index contributed by atoms with van der Waals surface area (Å²) in [4.78, 5) is 43.1. The van der Waals surface area contributed by atoms with Gasteiger partial charge in [-0.15, -0.1) is 0 Å².